The number of carbonyl (C=O) groups excluding carboxylic acids is 2. The van der Waals surface area contributed by atoms with E-state index in [0.717, 1.165) is 16.8 Å². The summed E-state index contributed by atoms with van der Waals surface area (Å²) in [5.74, 6) is -0.472. The fourth-order valence-corrected chi connectivity index (χ4v) is 2.17. The lowest BCUT2D eigenvalue weighted by Crippen LogP contribution is -2.06. The molecule has 1 aromatic heterocycles. The lowest BCUT2D eigenvalue weighted by Gasteiger charge is -2.00. The Hall–Kier alpha value is -2.75. The molecule has 0 saturated carbocycles. The van der Waals surface area contributed by atoms with Crippen molar-refractivity contribution in [2.75, 3.05) is 5.32 Å². The van der Waals surface area contributed by atoms with Crippen molar-refractivity contribution in [3.8, 4) is 0 Å². The van der Waals surface area contributed by atoms with Gasteiger partial charge >= 0.3 is 0 Å². The number of hydrogen-bond acceptors (Lipinski definition) is 3. The Morgan fingerprint density at radius 2 is 2.15 bits per heavy atom. The number of anilines is 1. The average molecular weight is 264 g/mol. The van der Waals surface area contributed by atoms with Crippen molar-refractivity contribution < 1.29 is 9.59 Å². The van der Waals surface area contributed by atoms with Crippen molar-refractivity contribution in [2.45, 2.75) is 6.92 Å². The molecule has 0 aliphatic carbocycles. The number of fused-ring (bicyclic) bond motifs is 1. The molecule has 1 amide bonds. The van der Waals surface area contributed by atoms with Gasteiger partial charge in [-0.1, -0.05) is 11.6 Å². The van der Waals surface area contributed by atoms with Crippen LogP contribution in [0.15, 0.2) is 48.8 Å². The van der Waals surface area contributed by atoms with E-state index in [4.69, 9.17) is 0 Å². The van der Waals surface area contributed by atoms with Crippen molar-refractivity contribution in [1.29, 1.82) is 0 Å². The van der Waals surface area contributed by atoms with Crippen LogP contribution in [0.2, 0.25) is 0 Å². The van der Waals surface area contributed by atoms with E-state index in [2.05, 4.69) is 10.3 Å². The molecule has 1 aliphatic heterocycles. The Bertz CT molecular complexity index is 733. The molecule has 4 nitrogen and oxygen atoms in total. The molecule has 20 heavy (non-hydrogen) atoms. The molecule has 0 saturated heterocycles. The molecule has 3 rings (SSSR count). The van der Waals surface area contributed by atoms with Crippen molar-refractivity contribution >= 4 is 23.0 Å². The highest BCUT2D eigenvalue weighted by atomic mass is 16.2. The van der Waals surface area contributed by atoms with Crippen LogP contribution in [0.5, 0.6) is 0 Å². The highest BCUT2D eigenvalue weighted by Gasteiger charge is 2.25. The average Bonchev–Trinajstić information content (AvgIpc) is 2.76. The van der Waals surface area contributed by atoms with E-state index in [9.17, 15) is 9.59 Å². The van der Waals surface area contributed by atoms with Gasteiger partial charge in [0.2, 0.25) is 0 Å². The Balaban J connectivity index is 2.03. The second-order valence-corrected chi connectivity index (χ2v) is 4.67. The van der Waals surface area contributed by atoms with Crippen LogP contribution in [0.4, 0.5) is 5.69 Å². The minimum Gasteiger partial charge on any atom is -0.321 e. The van der Waals surface area contributed by atoms with Crippen LogP contribution in [-0.4, -0.2) is 16.7 Å². The number of nitrogens with one attached hydrogen (secondary N) is 1. The van der Waals surface area contributed by atoms with Crippen LogP contribution in [0.3, 0.4) is 0 Å². The highest BCUT2D eigenvalue weighted by Crippen LogP contribution is 2.32. The van der Waals surface area contributed by atoms with Crippen molar-refractivity contribution in [1.82, 2.24) is 4.98 Å². The normalized spacial score (nSPS) is 15.1. The van der Waals surface area contributed by atoms with Gasteiger partial charge in [0.25, 0.3) is 5.91 Å². The first-order valence-corrected chi connectivity index (χ1v) is 6.23. The van der Waals surface area contributed by atoms with Crippen molar-refractivity contribution in [3.05, 3.63) is 65.5 Å². The summed E-state index contributed by atoms with van der Waals surface area (Å²) in [7, 11) is 0. The summed E-state index contributed by atoms with van der Waals surface area (Å²) >= 11 is 0. The molecule has 0 bridgehead atoms. The van der Waals surface area contributed by atoms with Gasteiger partial charge in [0.1, 0.15) is 0 Å². The van der Waals surface area contributed by atoms with Gasteiger partial charge in [-0.05, 0) is 37.3 Å². The summed E-state index contributed by atoms with van der Waals surface area (Å²) in [6, 6.07) is 9.04. The number of ketones is 1. The van der Waals surface area contributed by atoms with Crippen LogP contribution in [0, 0.1) is 6.92 Å². The maximum atomic E-state index is 12.1. The Morgan fingerprint density at radius 1 is 1.30 bits per heavy atom. The Kier molecular flexibility index (Phi) is 2.91. The first-order chi connectivity index (χ1) is 9.65. The number of benzene rings is 1. The number of hydrogen-bond donors (Lipinski definition) is 1. The van der Waals surface area contributed by atoms with Gasteiger partial charge in [-0.25, -0.2) is 0 Å². The molecule has 0 fully saturated rings. The monoisotopic (exact) mass is 264 g/mol. The zero-order valence-electron chi connectivity index (χ0n) is 10.9. The largest absolute Gasteiger partial charge is 0.321 e. The number of allylic oxidation sites excluding steroid dienone is 1. The van der Waals surface area contributed by atoms with Gasteiger partial charge in [0, 0.05) is 29.2 Å². The zero-order valence-corrected chi connectivity index (χ0v) is 10.9. The van der Waals surface area contributed by atoms with E-state index >= 15 is 0 Å². The number of aromatic nitrogens is 1. The third kappa shape index (κ3) is 2.12. The first-order valence-electron chi connectivity index (χ1n) is 6.23. The van der Waals surface area contributed by atoms with Crippen LogP contribution in [-0.2, 0) is 4.79 Å². The molecule has 4 heteroatoms. The number of carbonyl (C=O) groups is 2. The molecule has 0 unspecified atom stereocenters. The second-order valence-electron chi connectivity index (χ2n) is 4.67. The maximum Gasteiger partial charge on any atom is 0.256 e. The van der Waals surface area contributed by atoms with Crippen LogP contribution < -0.4 is 5.32 Å². The van der Waals surface area contributed by atoms with Gasteiger partial charge in [0.05, 0.1) is 5.57 Å². The van der Waals surface area contributed by atoms with Gasteiger partial charge in [-0.2, -0.15) is 0 Å². The fraction of sp³-hybridized carbons (Fsp3) is 0.0625. The number of amides is 1. The zero-order chi connectivity index (χ0) is 14.1. The van der Waals surface area contributed by atoms with E-state index in [1.54, 1.807) is 18.3 Å². The molecule has 0 atom stereocenters. The number of rotatable bonds is 2. The van der Waals surface area contributed by atoms with E-state index in [-0.39, 0.29) is 11.7 Å². The summed E-state index contributed by atoms with van der Waals surface area (Å²) in [6.07, 6.45) is 4.46. The summed E-state index contributed by atoms with van der Waals surface area (Å²) in [6.45, 7) is 1.95. The third-order valence-corrected chi connectivity index (χ3v) is 3.18. The van der Waals surface area contributed by atoms with Crippen LogP contribution in [0.1, 0.15) is 21.5 Å². The summed E-state index contributed by atoms with van der Waals surface area (Å²) in [4.78, 5) is 28.0. The smallest absolute Gasteiger partial charge is 0.256 e. The molecule has 1 aromatic carbocycles. The van der Waals surface area contributed by atoms with Gasteiger partial charge in [-0.3, -0.25) is 14.6 Å². The Morgan fingerprint density at radius 3 is 2.90 bits per heavy atom. The number of nitrogens with zero attached hydrogens (tertiary/aromatic N) is 1. The van der Waals surface area contributed by atoms with E-state index in [0.29, 0.717) is 11.1 Å². The minimum absolute atomic E-state index is 0.224. The van der Waals surface area contributed by atoms with Gasteiger partial charge in [-0.15, -0.1) is 0 Å². The molecule has 1 aliphatic rings. The van der Waals surface area contributed by atoms with E-state index < -0.39 is 0 Å². The summed E-state index contributed by atoms with van der Waals surface area (Å²) in [5, 5.41) is 2.76. The molecule has 2 heterocycles. The molecule has 98 valence electrons. The molecule has 2 aromatic rings. The molecular formula is C16H12N2O2. The lowest BCUT2D eigenvalue weighted by atomic mass is 10.0. The van der Waals surface area contributed by atoms with Gasteiger partial charge in [0.15, 0.2) is 5.78 Å². The van der Waals surface area contributed by atoms with Gasteiger partial charge < -0.3 is 5.32 Å². The van der Waals surface area contributed by atoms with Crippen LogP contribution >= 0.6 is 0 Å². The Labute approximate surface area is 116 Å². The SMILES string of the molecule is Cc1ccc2c(c1)/C(=C\C(=O)c1cccnc1)C(=O)N2. The molecule has 0 radical (unpaired) electrons. The number of pyridine rings is 1. The predicted octanol–water partition coefficient (Wildman–Crippen LogP) is 2.61. The first kappa shape index (κ1) is 12.3. The third-order valence-electron chi connectivity index (χ3n) is 3.18. The minimum atomic E-state index is -0.247. The van der Waals surface area contributed by atoms with Crippen molar-refractivity contribution in [2.24, 2.45) is 0 Å². The number of aryl methyl sites for hydroxylation is 1. The molecule has 1 N–H and O–H groups in total. The topological polar surface area (TPSA) is 59.1 Å². The standard InChI is InChI=1S/C16H12N2O2/c1-10-4-5-14-12(7-10)13(16(20)18-14)8-15(19)11-3-2-6-17-9-11/h2-9H,1H3,(H,18,20)/b13-8+. The quantitative estimate of drug-likeness (QED) is 0.670. The lowest BCUT2D eigenvalue weighted by molar-refractivity contribution is -0.110. The second kappa shape index (κ2) is 4.74. The fourth-order valence-electron chi connectivity index (χ4n) is 2.17. The van der Waals surface area contributed by atoms with Crippen LogP contribution in [0.25, 0.3) is 5.57 Å². The molecule has 0 spiro atoms. The van der Waals surface area contributed by atoms with E-state index in [1.807, 2.05) is 25.1 Å². The predicted molar refractivity (Wildman–Crippen MR) is 76.4 cm³/mol. The maximum absolute atomic E-state index is 12.1. The summed E-state index contributed by atoms with van der Waals surface area (Å²) in [5.41, 5.74) is 3.42. The van der Waals surface area contributed by atoms with E-state index in [1.165, 1.54) is 12.3 Å². The highest BCUT2D eigenvalue weighted by molar-refractivity contribution is 6.35. The summed E-state index contributed by atoms with van der Waals surface area (Å²) < 4.78 is 0. The van der Waals surface area contributed by atoms with Crippen molar-refractivity contribution in [3.63, 3.8) is 0 Å². The molecular weight excluding hydrogens is 252 g/mol.